The summed E-state index contributed by atoms with van der Waals surface area (Å²) in [5.41, 5.74) is -1.22. The molecule has 4 nitrogen and oxygen atoms in total. The zero-order valence-electron chi connectivity index (χ0n) is 21.3. The van der Waals surface area contributed by atoms with Crippen LogP contribution in [0.25, 0.3) is 0 Å². The standard InChI is InChI=1S/C26H50O4/c1-23(2,3)27-29-25(7,21-15-11-9-12-16-21)19-20-26(8,30-28-24(4,5)6)22-17-13-10-14-18-22/h21-22H,9-20H2,1-8H3. The first-order valence-electron chi connectivity index (χ1n) is 12.6. The van der Waals surface area contributed by atoms with Crippen molar-refractivity contribution in [2.75, 3.05) is 0 Å². The van der Waals surface area contributed by atoms with Crippen molar-refractivity contribution in [2.45, 2.75) is 155 Å². The molecule has 2 rings (SSSR count). The van der Waals surface area contributed by atoms with Crippen LogP contribution in [0.15, 0.2) is 0 Å². The molecule has 0 radical (unpaired) electrons. The van der Waals surface area contributed by atoms with Gasteiger partial charge in [0, 0.05) is 0 Å². The fourth-order valence-electron chi connectivity index (χ4n) is 4.99. The quantitative estimate of drug-likeness (QED) is 0.277. The molecule has 2 fully saturated rings. The maximum atomic E-state index is 6.27. The number of hydrogen-bond donors (Lipinski definition) is 0. The van der Waals surface area contributed by atoms with E-state index in [9.17, 15) is 0 Å². The van der Waals surface area contributed by atoms with Crippen molar-refractivity contribution < 1.29 is 19.6 Å². The largest absolute Gasteiger partial charge is 0.230 e. The lowest BCUT2D eigenvalue weighted by Crippen LogP contribution is -2.46. The van der Waals surface area contributed by atoms with Gasteiger partial charge in [-0.1, -0.05) is 38.5 Å². The van der Waals surface area contributed by atoms with Gasteiger partial charge in [0.05, 0.1) is 11.2 Å². The van der Waals surface area contributed by atoms with Gasteiger partial charge in [-0.3, -0.25) is 0 Å². The van der Waals surface area contributed by atoms with Gasteiger partial charge in [0.25, 0.3) is 0 Å². The zero-order valence-corrected chi connectivity index (χ0v) is 21.3. The van der Waals surface area contributed by atoms with E-state index in [1.807, 2.05) is 0 Å². The Morgan fingerprint density at radius 2 is 0.767 bits per heavy atom. The van der Waals surface area contributed by atoms with Crippen molar-refractivity contribution >= 4 is 0 Å². The monoisotopic (exact) mass is 426 g/mol. The first-order valence-corrected chi connectivity index (χ1v) is 12.6. The lowest BCUT2D eigenvalue weighted by atomic mass is 9.71. The molecular formula is C26H50O4. The molecule has 2 unspecified atom stereocenters. The van der Waals surface area contributed by atoms with Crippen LogP contribution in [0.2, 0.25) is 0 Å². The molecule has 0 aliphatic heterocycles. The second kappa shape index (κ2) is 10.6. The molecule has 0 aromatic carbocycles. The molecule has 2 saturated carbocycles. The fourth-order valence-corrected chi connectivity index (χ4v) is 4.99. The third kappa shape index (κ3) is 8.41. The van der Waals surface area contributed by atoms with Crippen LogP contribution >= 0.6 is 0 Å². The van der Waals surface area contributed by atoms with E-state index < -0.39 is 0 Å². The highest BCUT2D eigenvalue weighted by atomic mass is 17.2. The summed E-state index contributed by atoms with van der Waals surface area (Å²) in [6.45, 7) is 16.9. The Balaban J connectivity index is 2.14. The minimum Gasteiger partial charge on any atom is -0.230 e. The molecule has 2 atom stereocenters. The highest BCUT2D eigenvalue weighted by Crippen LogP contribution is 2.44. The van der Waals surface area contributed by atoms with E-state index in [4.69, 9.17) is 19.6 Å². The molecule has 0 aromatic rings. The van der Waals surface area contributed by atoms with Crippen LogP contribution in [0, 0.1) is 11.8 Å². The molecule has 0 N–H and O–H groups in total. The third-order valence-electron chi connectivity index (χ3n) is 7.02. The van der Waals surface area contributed by atoms with Crippen molar-refractivity contribution in [2.24, 2.45) is 11.8 Å². The second-order valence-corrected chi connectivity index (χ2v) is 12.4. The smallest absolute Gasteiger partial charge is 0.104 e. The van der Waals surface area contributed by atoms with Crippen LogP contribution in [0.5, 0.6) is 0 Å². The summed E-state index contributed by atoms with van der Waals surface area (Å²) < 4.78 is 0. The molecular weight excluding hydrogens is 376 g/mol. The molecule has 0 aromatic heterocycles. The minimum absolute atomic E-state index is 0.297. The van der Waals surface area contributed by atoms with Crippen molar-refractivity contribution in [3.8, 4) is 0 Å². The lowest BCUT2D eigenvalue weighted by molar-refractivity contribution is -0.425. The van der Waals surface area contributed by atoms with Crippen LogP contribution < -0.4 is 0 Å². The predicted molar refractivity (Wildman–Crippen MR) is 123 cm³/mol. The molecule has 178 valence electrons. The van der Waals surface area contributed by atoms with Crippen LogP contribution in [-0.4, -0.2) is 22.4 Å². The van der Waals surface area contributed by atoms with Crippen LogP contribution in [0.4, 0.5) is 0 Å². The van der Waals surface area contributed by atoms with Gasteiger partial charge in [-0.05, 0) is 106 Å². The van der Waals surface area contributed by atoms with E-state index >= 15 is 0 Å². The number of hydrogen-bond acceptors (Lipinski definition) is 4. The Morgan fingerprint density at radius 3 is 1.03 bits per heavy atom. The summed E-state index contributed by atoms with van der Waals surface area (Å²) in [4.78, 5) is 24.3. The van der Waals surface area contributed by atoms with Crippen LogP contribution in [0.1, 0.15) is 132 Å². The van der Waals surface area contributed by atoms with E-state index in [0.29, 0.717) is 11.8 Å². The maximum absolute atomic E-state index is 6.27. The van der Waals surface area contributed by atoms with E-state index in [2.05, 4.69) is 55.4 Å². The molecule has 0 heterocycles. The van der Waals surface area contributed by atoms with Gasteiger partial charge < -0.3 is 0 Å². The maximum Gasteiger partial charge on any atom is 0.104 e. The van der Waals surface area contributed by atoms with Crippen molar-refractivity contribution in [3.63, 3.8) is 0 Å². The van der Waals surface area contributed by atoms with Crippen molar-refractivity contribution in [3.05, 3.63) is 0 Å². The topological polar surface area (TPSA) is 36.9 Å². The second-order valence-electron chi connectivity index (χ2n) is 12.4. The molecule has 4 heteroatoms. The van der Waals surface area contributed by atoms with Gasteiger partial charge in [-0.15, -0.1) is 0 Å². The molecule has 0 spiro atoms. The average Bonchev–Trinajstić information content (AvgIpc) is 2.70. The van der Waals surface area contributed by atoms with Gasteiger partial charge in [0.15, 0.2) is 0 Å². The van der Waals surface area contributed by atoms with Gasteiger partial charge in [-0.25, -0.2) is 19.6 Å². The SMILES string of the molecule is CC(C)(C)OOC(C)(CCC(C)(OOC(C)(C)C)C1CCCCC1)C1CCCCC1. The van der Waals surface area contributed by atoms with E-state index in [1.54, 1.807) is 0 Å². The lowest BCUT2D eigenvalue weighted by Gasteiger charge is -2.44. The van der Waals surface area contributed by atoms with Gasteiger partial charge in [-0.2, -0.15) is 0 Å². The molecule has 2 aliphatic carbocycles. The summed E-state index contributed by atoms with van der Waals surface area (Å²) in [5, 5.41) is 0. The Bertz CT molecular complexity index is 448. The first kappa shape index (κ1) is 26.1. The van der Waals surface area contributed by atoms with Crippen LogP contribution in [0.3, 0.4) is 0 Å². The van der Waals surface area contributed by atoms with E-state index in [1.165, 1.54) is 64.2 Å². The average molecular weight is 427 g/mol. The Kier molecular flexibility index (Phi) is 9.25. The fraction of sp³-hybridized carbons (Fsp3) is 1.00. The van der Waals surface area contributed by atoms with Gasteiger partial charge in [0.1, 0.15) is 11.2 Å². The highest BCUT2D eigenvalue weighted by Gasteiger charge is 2.44. The van der Waals surface area contributed by atoms with Gasteiger partial charge in [0.2, 0.25) is 0 Å². The predicted octanol–water partition coefficient (Wildman–Crippen LogP) is 7.94. The summed E-state index contributed by atoms with van der Waals surface area (Å²) >= 11 is 0. The normalized spacial score (nSPS) is 24.4. The van der Waals surface area contributed by atoms with E-state index in [-0.39, 0.29) is 22.4 Å². The molecule has 0 saturated heterocycles. The van der Waals surface area contributed by atoms with Gasteiger partial charge >= 0.3 is 0 Å². The molecule has 0 amide bonds. The summed E-state index contributed by atoms with van der Waals surface area (Å²) in [6, 6.07) is 0. The van der Waals surface area contributed by atoms with Crippen molar-refractivity contribution in [1.82, 2.24) is 0 Å². The Labute approximate surface area is 186 Å². The summed E-state index contributed by atoms with van der Waals surface area (Å²) in [6.07, 6.45) is 14.6. The third-order valence-corrected chi connectivity index (χ3v) is 7.02. The van der Waals surface area contributed by atoms with Crippen LogP contribution in [-0.2, 0) is 19.6 Å². The van der Waals surface area contributed by atoms with Crippen molar-refractivity contribution in [1.29, 1.82) is 0 Å². The molecule has 30 heavy (non-hydrogen) atoms. The Hall–Kier alpha value is -0.160. The zero-order chi connectivity index (χ0) is 22.5. The first-order chi connectivity index (χ1) is 13.8. The molecule has 2 aliphatic rings. The minimum atomic E-state index is -0.311. The Morgan fingerprint density at radius 1 is 0.467 bits per heavy atom. The molecule has 0 bridgehead atoms. The summed E-state index contributed by atoms with van der Waals surface area (Å²) in [5.74, 6) is 1.07. The van der Waals surface area contributed by atoms with E-state index in [0.717, 1.165) is 12.8 Å². The summed E-state index contributed by atoms with van der Waals surface area (Å²) in [7, 11) is 0. The highest BCUT2D eigenvalue weighted by molar-refractivity contribution is 4.92. The number of rotatable bonds is 9.